The maximum atomic E-state index is 12.2. The molecule has 1 fully saturated rings. The zero-order chi connectivity index (χ0) is 13.0. The van der Waals surface area contributed by atoms with Crippen LogP contribution < -0.4 is 0 Å². The van der Waals surface area contributed by atoms with Gasteiger partial charge in [0.2, 0.25) is 5.91 Å². The number of carbonyl (C=O) groups is 2. The summed E-state index contributed by atoms with van der Waals surface area (Å²) in [7, 11) is 0. The Morgan fingerprint density at radius 1 is 1.47 bits per heavy atom. The summed E-state index contributed by atoms with van der Waals surface area (Å²) < 4.78 is 0. The van der Waals surface area contributed by atoms with Crippen molar-refractivity contribution < 1.29 is 14.7 Å². The Bertz CT molecular complexity index is 295. The molecule has 1 aliphatic heterocycles. The van der Waals surface area contributed by atoms with Gasteiger partial charge in [0.1, 0.15) is 0 Å². The van der Waals surface area contributed by atoms with Gasteiger partial charge in [-0.2, -0.15) is 11.8 Å². The summed E-state index contributed by atoms with van der Waals surface area (Å²) in [5.41, 5.74) is 0. The van der Waals surface area contributed by atoms with Crippen molar-refractivity contribution in [3.05, 3.63) is 0 Å². The monoisotopic (exact) mass is 259 g/mol. The highest BCUT2D eigenvalue weighted by atomic mass is 32.2. The zero-order valence-electron chi connectivity index (χ0n) is 10.7. The molecule has 1 aliphatic rings. The van der Waals surface area contributed by atoms with Gasteiger partial charge in [-0.25, -0.2) is 0 Å². The van der Waals surface area contributed by atoms with E-state index >= 15 is 0 Å². The molecule has 3 unspecified atom stereocenters. The predicted molar refractivity (Wildman–Crippen MR) is 69.1 cm³/mol. The first-order valence-electron chi connectivity index (χ1n) is 5.99. The Hall–Kier alpha value is -0.710. The molecule has 0 saturated carbocycles. The van der Waals surface area contributed by atoms with Crippen LogP contribution in [0.4, 0.5) is 0 Å². The van der Waals surface area contributed by atoms with Crippen LogP contribution in [0.5, 0.6) is 0 Å². The van der Waals surface area contributed by atoms with E-state index in [1.807, 2.05) is 20.1 Å². The number of carboxylic acid groups (broad SMARTS) is 1. The molecule has 1 saturated heterocycles. The third-order valence-electron chi connectivity index (χ3n) is 3.35. The molecular weight excluding hydrogens is 238 g/mol. The van der Waals surface area contributed by atoms with E-state index in [-0.39, 0.29) is 17.9 Å². The molecule has 0 aromatic rings. The van der Waals surface area contributed by atoms with E-state index in [2.05, 4.69) is 0 Å². The van der Waals surface area contributed by atoms with E-state index in [4.69, 9.17) is 5.11 Å². The van der Waals surface area contributed by atoms with E-state index in [9.17, 15) is 9.59 Å². The van der Waals surface area contributed by atoms with Crippen LogP contribution >= 0.6 is 11.8 Å². The number of carboxylic acids is 1. The zero-order valence-corrected chi connectivity index (χ0v) is 11.5. The van der Waals surface area contributed by atoms with Crippen LogP contribution in [0.3, 0.4) is 0 Å². The van der Waals surface area contributed by atoms with Gasteiger partial charge in [0.25, 0.3) is 0 Å². The molecule has 1 amide bonds. The van der Waals surface area contributed by atoms with Gasteiger partial charge in [0.15, 0.2) is 0 Å². The lowest BCUT2D eigenvalue weighted by Crippen LogP contribution is -2.49. The fourth-order valence-corrected chi connectivity index (χ4v) is 2.86. The molecule has 0 bridgehead atoms. The summed E-state index contributed by atoms with van der Waals surface area (Å²) in [6.07, 6.45) is 3.44. The number of carbonyl (C=O) groups excluding carboxylic acids is 1. The topological polar surface area (TPSA) is 57.6 Å². The number of aliphatic carboxylic acids is 1. The minimum absolute atomic E-state index is 0.0278. The largest absolute Gasteiger partial charge is 0.481 e. The number of nitrogens with zero attached hydrogens (tertiary/aromatic N) is 1. The van der Waals surface area contributed by atoms with E-state index in [0.29, 0.717) is 13.0 Å². The lowest BCUT2D eigenvalue weighted by molar-refractivity contribution is -0.148. The Morgan fingerprint density at radius 2 is 2.12 bits per heavy atom. The molecule has 0 radical (unpaired) electrons. The van der Waals surface area contributed by atoms with E-state index in [0.717, 1.165) is 12.2 Å². The molecule has 1 heterocycles. The SMILES string of the molecule is CSCC(C)C(=O)N1CC(C(=O)O)CCC1C. The van der Waals surface area contributed by atoms with Gasteiger partial charge in [-0.15, -0.1) is 0 Å². The van der Waals surface area contributed by atoms with E-state index < -0.39 is 11.9 Å². The Kier molecular flexibility index (Phi) is 5.31. The highest BCUT2D eigenvalue weighted by Gasteiger charge is 2.33. The van der Waals surface area contributed by atoms with Crippen molar-refractivity contribution in [1.82, 2.24) is 4.90 Å². The molecule has 1 rings (SSSR count). The van der Waals surface area contributed by atoms with Crippen molar-refractivity contribution in [2.24, 2.45) is 11.8 Å². The van der Waals surface area contributed by atoms with E-state index in [1.54, 1.807) is 16.7 Å². The van der Waals surface area contributed by atoms with Crippen LogP contribution in [0.2, 0.25) is 0 Å². The summed E-state index contributed by atoms with van der Waals surface area (Å²) in [5.74, 6) is -0.318. The van der Waals surface area contributed by atoms with Crippen molar-refractivity contribution >= 4 is 23.6 Å². The van der Waals surface area contributed by atoms with Gasteiger partial charge in [0, 0.05) is 24.3 Å². The third-order valence-corrected chi connectivity index (χ3v) is 4.19. The standard InChI is InChI=1S/C12H21NO3S/c1-8(7-17-3)11(14)13-6-10(12(15)16)5-4-9(13)2/h8-10H,4-7H2,1-3H3,(H,15,16). The molecule has 0 aliphatic carbocycles. The second kappa shape index (κ2) is 6.28. The summed E-state index contributed by atoms with van der Waals surface area (Å²) in [4.78, 5) is 24.9. The summed E-state index contributed by atoms with van der Waals surface area (Å²) in [6, 6.07) is 0.169. The van der Waals surface area contributed by atoms with Crippen LogP contribution in [0, 0.1) is 11.8 Å². The van der Waals surface area contributed by atoms with Gasteiger partial charge in [-0.1, -0.05) is 6.92 Å². The van der Waals surface area contributed by atoms with Crippen molar-refractivity contribution in [3.8, 4) is 0 Å². The summed E-state index contributed by atoms with van der Waals surface area (Å²) in [5, 5.41) is 9.02. The number of piperidine rings is 1. The van der Waals surface area contributed by atoms with Crippen LogP contribution in [-0.2, 0) is 9.59 Å². The van der Waals surface area contributed by atoms with Crippen LogP contribution in [0.1, 0.15) is 26.7 Å². The number of likely N-dealkylation sites (tertiary alicyclic amines) is 1. The van der Waals surface area contributed by atoms with Gasteiger partial charge >= 0.3 is 5.97 Å². The second-order valence-corrected chi connectivity index (χ2v) is 5.72. The predicted octanol–water partition coefficient (Wildman–Crippen LogP) is 1.70. The van der Waals surface area contributed by atoms with Crippen molar-refractivity contribution in [2.75, 3.05) is 18.6 Å². The molecule has 1 N–H and O–H groups in total. The Labute approximate surface area is 107 Å². The van der Waals surface area contributed by atoms with Gasteiger partial charge in [0.05, 0.1) is 5.92 Å². The van der Waals surface area contributed by atoms with Gasteiger partial charge in [-0.3, -0.25) is 9.59 Å². The fourth-order valence-electron chi connectivity index (χ4n) is 2.22. The maximum absolute atomic E-state index is 12.2. The molecule has 0 spiro atoms. The third kappa shape index (κ3) is 3.63. The van der Waals surface area contributed by atoms with Gasteiger partial charge in [-0.05, 0) is 26.0 Å². The number of thioether (sulfide) groups is 1. The molecule has 0 aromatic heterocycles. The average molecular weight is 259 g/mol. The smallest absolute Gasteiger partial charge is 0.308 e. The molecule has 4 nitrogen and oxygen atoms in total. The lowest BCUT2D eigenvalue weighted by Gasteiger charge is -2.38. The molecule has 0 aromatic carbocycles. The average Bonchev–Trinajstić information content (AvgIpc) is 2.28. The van der Waals surface area contributed by atoms with Crippen LogP contribution in [0.15, 0.2) is 0 Å². The first kappa shape index (κ1) is 14.4. The maximum Gasteiger partial charge on any atom is 0.308 e. The fraction of sp³-hybridized carbons (Fsp3) is 0.833. The number of hydrogen-bond acceptors (Lipinski definition) is 3. The van der Waals surface area contributed by atoms with Crippen LogP contribution in [0.25, 0.3) is 0 Å². The highest BCUT2D eigenvalue weighted by Crippen LogP contribution is 2.24. The Morgan fingerprint density at radius 3 is 2.65 bits per heavy atom. The number of hydrogen-bond donors (Lipinski definition) is 1. The lowest BCUT2D eigenvalue weighted by atomic mass is 9.92. The Balaban J connectivity index is 2.66. The molecular formula is C12H21NO3S. The van der Waals surface area contributed by atoms with Crippen molar-refractivity contribution in [3.63, 3.8) is 0 Å². The summed E-state index contributed by atoms with van der Waals surface area (Å²) >= 11 is 1.65. The molecule has 5 heteroatoms. The number of rotatable bonds is 4. The van der Waals surface area contributed by atoms with Crippen molar-refractivity contribution in [1.29, 1.82) is 0 Å². The first-order chi connectivity index (χ1) is 7.97. The van der Waals surface area contributed by atoms with E-state index in [1.165, 1.54) is 0 Å². The molecule has 3 atom stereocenters. The van der Waals surface area contributed by atoms with Crippen LogP contribution in [-0.4, -0.2) is 46.5 Å². The normalized spacial score (nSPS) is 26.6. The molecule has 98 valence electrons. The summed E-state index contributed by atoms with van der Waals surface area (Å²) in [6.45, 7) is 4.28. The van der Waals surface area contributed by atoms with Crippen molar-refractivity contribution in [2.45, 2.75) is 32.7 Å². The first-order valence-corrected chi connectivity index (χ1v) is 7.39. The molecule has 17 heavy (non-hydrogen) atoms. The van der Waals surface area contributed by atoms with Gasteiger partial charge < -0.3 is 10.0 Å². The second-order valence-electron chi connectivity index (χ2n) is 4.81. The highest BCUT2D eigenvalue weighted by molar-refractivity contribution is 7.98. The minimum atomic E-state index is -0.785. The minimum Gasteiger partial charge on any atom is -0.481 e. The quantitative estimate of drug-likeness (QED) is 0.835. The number of amides is 1.